The minimum absolute atomic E-state index is 0.0826. The van der Waals surface area contributed by atoms with Crippen molar-refractivity contribution >= 4 is 11.1 Å². The van der Waals surface area contributed by atoms with Gasteiger partial charge in [0, 0.05) is 5.56 Å². The monoisotopic (exact) mass is 203 g/mol. The van der Waals surface area contributed by atoms with Crippen LogP contribution in [-0.4, -0.2) is 13.9 Å². The van der Waals surface area contributed by atoms with Crippen LogP contribution in [0.15, 0.2) is 24.3 Å². The van der Waals surface area contributed by atoms with Gasteiger partial charge in [0.2, 0.25) is 0 Å². The van der Waals surface area contributed by atoms with Crippen LogP contribution in [-0.2, 0) is 16.1 Å². The normalized spacial score (nSPS) is 17.8. The Bertz CT molecular complexity index is 338. The molecule has 0 aliphatic carbocycles. The molecule has 0 saturated carbocycles. The quantitative estimate of drug-likeness (QED) is 0.739. The molecule has 1 N–H and O–H groups in total. The van der Waals surface area contributed by atoms with Crippen LogP contribution in [0.1, 0.15) is 12.5 Å². The maximum absolute atomic E-state index is 13.4. The van der Waals surface area contributed by atoms with Crippen LogP contribution in [0, 0.1) is 0 Å². The Hall–Kier alpha value is -0.940. The van der Waals surface area contributed by atoms with E-state index in [4.69, 9.17) is 5.11 Å². The van der Waals surface area contributed by atoms with E-state index in [1.165, 1.54) is 18.2 Å². The van der Waals surface area contributed by atoms with Crippen molar-refractivity contribution in [3.05, 3.63) is 29.8 Å². The van der Waals surface area contributed by atoms with Gasteiger partial charge in [0.05, 0.1) is 0 Å². The SMILES string of the molecule is CC(F)(c1cccc(O)c1)S(=O)[O-]. The number of halogens is 1. The molecule has 72 valence electrons. The summed E-state index contributed by atoms with van der Waals surface area (Å²) in [5, 5.41) is 6.53. The first-order valence-electron chi connectivity index (χ1n) is 3.52. The van der Waals surface area contributed by atoms with Crippen molar-refractivity contribution < 1.29 is 18.3 Å². The molecule has 0 bridgehead atoms. The highest BCUT2D eigenvalue weighted by Crippen LogP contribution is 2.30. The van der Waals surface area contributed by atoms with Crippen LogP contribution < -0.4 is 0 Å². The minimum Gasteiger partial charge on any atom is -0.770 e. The third-order valence-electron chi connectivity index (χ3n) is 1.67. The molecule has 13 heavy (non-hydrogen) atoms. The van der Waals surface area contributed by atoms with Crippen molar-refractivity contribution in [2.24, 2.45) is 0 Å². The van der Waals surface area contributed by atoms with E-state index in [2.05, 4.69) is 0 Å². The van der Waals surface area contributed by atoms with Crippen LogP contribution in [0.25, 0.3) is 0 Å². The van der Waals surface area contributed by atoms with E-state index in [0.717, 1.165) is 13.0 Å². The van der Waals surface area contributed by atoms with Gasteiger partial charge in [0.1, 0.15) is 5.75 Å². The molecule has 0 aliphatic rings. The summed E-state index contributed by atoms with van der Waals surface area (Å²) >= 11 is -2.86. The summed E-state index contributed by atoms with van der Waals surface area (Å²) in [6.07, 6.45) is 0. The molecule has 5 heteroatoms. The summed E-state index contributed by atoms with van der Waals surface area (Å²) in [5.74, 6) is -0.160. The van der Waals surface area contributed by atoms with Crippen LogP contribution in [0.3, 0.4) is 0 Å². The predicted octanol–water partition coefficient (Wildman–Crippen LogP) is 1.41. The average molecular weight is 203 g/mol. The van der Waals surface area contributed by atoms with Crippen LogP contribution >= 0.6 is 0 Å². The number of rotatable bonds is 2. The fourth-order valence-corrected chi connectivity index (χ4v) is 1.20. The van der Waals surface area contributed by atoms with Crippen molar-refractivity contribution in [2.75, 3.05) is 0 Å². The van der Waals surface area contributed by atoms with Gasteiger partial charge in [-0.25, -0.2) is 4.39 Å². The first-order chi connectivity index (χ1) is 5.94. The summed E-state index contributed by atoms with van der Waals surface area (Å²) in [6, 6.07) is 5.11. The molecule has 0 radical (unpaired) electrons. The molecular weight excluding hydrogens is 195 g/mol. The van der Waals surface area contributed by atoms with Crippen molar-refractivity contribution in [1.82, 2.24) is 0 Å². The smallest absolute Gasteiger partial charge is 0.194 e. The topological polar surface area (TPSA) is 60.4 Å². The number of phenolic OH excluding ortho intramolecular Hbond substituents is 1. The van der Waals surface area contributed by atoms with E-state index in [0.29, 0.717) is 0 Å². The highest BCUT2D eigenvalue weighted by molar-refractivity contribution is 7.80. The standard InChI is InChI=1S/C8H9FO3S/c1-8(9,13(11)12)6-3-2-4-7(10)5-6/h2-5,10H,1H3,(H,11,12)/p-1. The molecule has 0 saturated heterocycles. The Kier molecular flexibility index (Phi) is 2.68. The lowest BCUT2D eigenvalue weighted by Crippen LogP contribution is -2.21. The Morgan fingerprint density at radius 2 is 2.23 bits per heavy atom. The third-order valence-corrected chi connectivity index (χ3v) is 2.54. The van der Waals surface area contributed by atoms with E-state index in [1.807, 2.05) is 0 Å². The lowest BCUT2D eigenvalue weighted by molar-refractivity contribution is 0.289. The van der Waals surface area contributed by atoms with Crippen molar-refractivity contribution in [3.8, 4) is 5.75 Å². The molecule has 3 nitrogen and oxygen atoms in total. The molecular formula is C8H8FO3S-. The summed E-state index contributed by atoms with van der Waals surface area (Å²) in [5.41, 5.74) is -0.0826. The first-order valence-corrected chi connectivity index (χ1v) is 4.60. The molecule has 0 fully saturated rings. The summed E-state index contributed by atoms with van der Waals surface area (Å²) in [6.45, 7) is 0.922. The summed E-state index contributed by atoms with van der Waals surface area (Å²) < 4.78 is 34.4. The lowest BCUT2D eigenvalue weighted by Gasteiger charge is -2.23. The maximum atomic E-state index is 13.4. The first kappa shape index (κ1) is 10.1. The van der Waals surface area contributed by atoms with Crippen molar-refractivity contribution in [1.29, 1.82) is 0 Å². The number of hydrogen-bond donors (Lipinski definition) is 1. The largest absolute Gasteiger partial charge is 0.770 e. The fraction of sp³-hybridized carbons (Fsp3) is 0.250. The number of phenols is 1. The predicted molar refractivity (Wildman–Crippen MR) is 45.5 cm³/mol. The Balaban J connectivity index is 3.14. The average Bonchev–Trinajstić information content (AvgIpc) is 2.04. The molecule has 0 amide bonds. The van der Waals surface area contributed by atoms with E-state index >= 15 is 0 Å². The lowest BCUT2D eigenvalue weighted by atomic mass is 10.1. The van der Waals surface area contributed by atoms with Gasteiger partial charge in [-0.3, -0.25) is 4.21 Å². The van der Waals surface area contributed by atoms with Crippen LogP contribution in [0.2, 0.25) is 0 Å². The highest BCUT2D eigenvalue weighted by Gasteiger charge is 2.27. The second kappa shape index (κ2) is 3.43. The second-order valence-corrected chi connectivity index (χ2v) is 3.94. The molecule has 0 spiro atoms. The van der Waals surface area contributed by atoms with E-state index < -0.39 is 16.1 Å². The zero-order valence-electron chi connectivity index (χ0n) is 6.86. The number of aromatic hydroxyl groups is 1. The van der Waals surface area contributed by atoms with Gasteiger partial charge in [-0.15, -0.1) is 0 Å². The molecule has 1 rings (SSSR count). The van der Waals surface area contributed by atoms with E-state index in [1.54, 1.807) is 0 Å². The van der Waals surface area contributed by atoms with Crippen molar-refractivity contribution in [3.63, 3.8) is 0 Å². The summed E-state index contributed by atoms with van der Waals surface area (Å²) in [7, 11) is 0. The molecule has 2 unspecified atom stereocenters. The van der Waals surface area contributed by atoms with E-state index in [9.17, 15) is 13.2 Å². The Labute approximate surface area is 77.5 Å². The minimum atomic E-state index is -2.86. The molecule has 2 atom stereocenters. The number of hydrogen-bond acceptors (Lipinski definition) is 3. The molecule has 1 aromatic rings. The maximum Gasteiger partial charge on any atom is 0.194 e. The second-order valence-electron chi connectivity index (χ2n) is 2.70. The van der Waals surface area contributed by atoms with Gasteiger partial charge < -0.3 is 9.66 Å². The Morgan fingerprint density at radius 1 is 1.62 bits per heavy atom. The fourth-order valence-electron chi connectivity index (χ4n) is 0.880. The van der Waals surface area contributed by atoms with Gasteiger partial charge in [-0.1, -0.05) is 12.1 Å². The number of benzene rings is 1. The number of alkyl halides is 1. The zero-order valence-corrected chi connectivity index (χ0v) is 7.68. The Morgan fingerprint density at radius 3 is 2.69 bits per heavy atom. The van der Waals surface area contributed by atoms with Crippen molar-refractivity contribution in [2.45, 2.75) is 11.9 Å². The van der Waals surface area contributed by atoms with Gasteiger partial charge in [0.15, 0.2) is 5.00 Å². The van der Waals surface area contributed by atoms with Crippen LogP contribution in [0.4, 0.5) is 4.39 Å². The van der Waals surface area contributed by atoms with E-state index in [-0.39, 0.29) is 11.3 Å². The molecule has 0 heterocycles. The van der Waals surface area contributed by atoms with Gasteiger partial charge >= 0.3 is 0 Å². The molecule has 0 aliphatic heterocycles. The highest BCUT2D eigenvalue weighted by atomic mass is 32.2. The van der Waals surface area contributed by atoms with Crippen LogP contribution in [0.5, 0.6) is 5.75 Å². The van der Waals surface area contributed by atoms with Gasteiger partial charge in [-0.05, 0) is 30.1 Å². The third kappa shape index (κ3) is 2.05. The zero-order chi connectivity index (χ0) is 10.1. The van der Waals surface area contributed by atoms with Gasteiger partial charge in [0.25, 0.3) is 0 Å². The molecule has 1 aromatic carbocycles. The van der Waals surface area contributed by atoms with Gasteiger partial charge in [-0.2, -0.15) is 0 Å². The summed E-state index contributed by atoms with van der Waals surface area (Å²) in [4.78, 5) is 0. The molecule has 0 aromatic heterocycles.